The average molecular weight is 325 g/mol. The minimum Gasteiger partial charge on any atom is -0.444 e. The predicted octanol–water partition coefficient (Wildman–Crippen LogP) is 2.11. The number of carbonyl (C=O) groups is 2. The Kier molecular flexibility index (Phi) is 5.55. The zero-order valence-corrected chi connectivity index (χ0v) is 14.9. The van der Waals surface area contributed by atoms with E-state index in [0.717, 1.165) is 32.1 Å². The highest BCUT2D eigenvalue weighted by Gasteiger charge is 2.38. The predicted molar refractivity (Wildman–Crippen MR) is 89.0 cm³/mol. The molecule has 2 N–H and O–H groups in total. The molecule has 0 spiro atoms. The van der Waals surface area contributed by atoms with Crippen LogP contribution in [0.2, 0.25) is 0 Å². The molecule has 2 amide bonds. The normalized spacial score (nSPS) is 23.3. The lowest BCUT2D eigenvalue weighted by atomic mass is 10.0. The maximum Gasteiger partial charge on any atom is 0.410 e. The lowest BCUT2D eigenvalue weighted by molar-refractivity contribution is -0.133. The van der Waals surface area contributed by atoms with Crippen LogP contribution >= 0.6 is 0 Å². The van der Waals surface area contributed by atoms with Crippen LogP contribution in [-0.2, 0) is 9.53 Å². The molecule has 1 unspecified atom stereocenters. The molecule has 2 rings (SSSR count). The SMILES string of the molecule is C[C@H](N)C(=O)N(CC1CCCCN1C(=O)OC(C)(C)C)C1CC1. The molecule has 0 aromatic carbocycles. The molecule has 23 heavy (non-hydrogen) atoms. The number of nitrogens with zero attached hydrogens (tertiary/aromatic N) is 2. The van der Waals surface area contributed by atoms with Crippen molar-refractivity contribution in [2.24, 2.45) is 5.73 Å². The van der Waals surface area contributed by atoms with Crippen LogP contribution in [0.5, 0.6) is 0 Å². The third kappa shape index (κ3) is 5.09. The zero-order valence-electron chi connectivity index (χ0n) is 14.9. The molecule has 2 atom stereocenters. The Morgan fingerprint density at radius 3 is 2.43 bits per heavy atom. The minimum absolute atomic E-state index is 0.0118. The summed E-state index contributed by atoms with van der Waals surface area (Å²) in [6, 6.07) is -0.160. The Balaban J connectivity index is 2.05. The van der Waals surface area contributed by atoms with Crippen molar-refractivity contribution in [3.8, 4) is 0 Å². The topological polar surface area (TPSA) is 75.9 Å². The van der Waals surface area contributed by atoms with Crippen LogP contribution in [0.25, 0.3) is 0 Å². The molecule has 6 heteroatoms. The van der Waals surface area contributed by atoms with Crippen molar-refractivity contribution >= 4 is 12.0 Å². The molecular weight excluding hydrogens is 294 g/mol. The van der Waals surface area contributed by atoms with E-state index in [9.17, 15) is 9.59 Å². The number of hydrogen-bond donors (Lipinski definition) is 1. The number of hydrogen-bond acceptors (Lipinski definition) is 4. The summed E-state index contributed by atoms with van der Waals surface area (Å²) in [6.45, 7) is 8.62. The second-order valence-corrected chi connectivity index (χ2v) is 7.83. The van der Waals surface area contributed by atoms with Crippen LogP contribution in [0.1, 0.15) is 59.8 Å². The summed E-state index contributed by atoms with van der Waals surface area (Å²) >= 11 is 0. The molecule has 0 bridgehead atoms. The van der Waals surface area contributed by atoms with Gasteiger partial charge in [-0.3, -0.25) is 4.79 Å². The summed E-state index contributed by atoms with van der Waals surface area (Å²) in [5.74, 6) is -0.0118. The monoisotopic (exact) mass is 325 g/mol. The molecule has 1 aliphatic carbocycles. The maximum atomic E-state index is 12.5. The molecule has 6 nitrogen and oxygen atoms in total. The average Bonchev–Trinajstić information content (AvgIpc) is 3.27. The fraction of sp³-hybridized carbons (Fsp3) is 0.882. The number of ether oxygens (including phenoxy) is 1. The highest BCUT2D eigenvalue weighted by Crippen LogP contribution is 2.30. The van der Waals surface area contributed by atoms with Gasteiger partial charge in [0.15, 0.2) is 0 Å². The smallest absolute Gasteiger partial charge is 0.410 e. The maximum absolute atomic E-state index is 12.5. The van der Waals surface area contributed by atoms with Gasteiger partial charge < -0.3 is 20.3 Å². The van der Waals surface area contributed by atoms with Crippen molar-refractivity contribution in [2.75, 3.05) is 13.1 Å². The van der Waals surface area contributed by atoms with Gasteiger partial charge in [0.1, 0.15) is 5.60 Å². The summed E-state index contributed by atoms with van der Waals surface area (Å²) in [5, 5.41) is 0. The molecule has 1 aliphatic heterocycles. The van der Waals surface area contributed by atoms with Crippen LogP contribution in [0.15, 0.2) is 0 Å². The summed E-state index contributed by atoms with van der Waals surface area (Å²) < 4.78 is 5.53. The molecule has 1 saturated carbocycles. The Hall–Kier alpha value is -1.30. The first-order valence-corrected chi connectivity index (χ1v) is 8.74. The van der Waals surface area contributed by atoms with E-state index in [-0.39, 0.29) is 18.0 Å². The van der Waals surface area contributed by atoms with Crippen molar-refractivity contribution in [3.63, 3.8) is 0 Å². The summed E-state index contributed by atoms with van der Waals surface area (Å²) in [4.78, 5) is 28.5. The second kappa shape index (κ2) is 7.07. The molecule has 0 aromatic heterocycles. The number of likely N-dealkylation sites (tertiary alicyclic amines) is 1. The summed E-state index contributed by atoms with van der Waals surface area (Å²) in [6.07, 6.45) is 4.78. The van der Waals surface area contributed by atoms with E-state index in [0.29, 0.717) is 19.1 Å². The lowest BCUT2D eigenvalue weighted by Gasteiger charge is -2.39. The van der Waals surface area contributed by atoms with Gasteiger partial charge in [-0.2, -0.15) is 0 Å². The van der Waals surface area contributed by atoms with Crippen molar-refractivity contribution in [1.29, 1.82) is 0 Å². The minimum atomic E-state index is -0.503. The van der Waals surface area contributed by atoms with E-state index in [1.807, 2.05) is 25.7 Å². The third-order valence-electron chi connectivity index (χ3n) is 4.32. The number of piperidine rings is 1. The zero-order chi connectivity index (χ0) is 17.2. The molecular formula is C17H31N3O3. The van der Waals surface area contributed by atoms with Gasteiger partial charge in [-0.25, -0.2) is 4.79 Å². The van der Waals surface area contributed by atoms with Gasteiger partial charge in [-0.1, -0.05) is 0 Å². The van der Waals surface area contributed by atoms with E-state index < -0.39 is 11.6 Å². The number of amides is 2. The van der Waals surface area contributed by atoms with E-state index >= 15 is 0 Å². The molecule has 1 saturated heterocycles. The molecule has 2 aliphatic rings. The fourth-order valence-corrected chi connectivity index (χ4v) is 3.05. The van der Waals surface area contributed by atoms with E-state index in [4.69, 9.17) is 10.5 Å². The summed E-state index contributed by atoms with van der Waals surface area (Å²) in [5.41, 5.74) is 5.29. The quantitative estimate of drug-likeness (QED) is 0.859. The van der Waals surface area contributed by atoms with Gasteiger partial charge in [0.2, 0.25) is 5.91 Å². The van der Waals surface area contributed by atoms with E-state index in [1.165, 1.54) is 0 Å². The Bertz CT molecular complexity index is 441. The lowest BCUT2D eigenvalue weighted by Crippen LogP contribution is -2.54. The van der Waals surface area contributed by atoms with E-state index in [2.05, 4.69) is 0 Å². The molecule has 132 valence electrons. The second-order valence-electron chi connectivity index (χ2n) is 7.83. The van der Waals surface area contributed by atoms with Gasteiger partial charge in [0.25, 0.3) is 0 Å². The van der Waals surface area contributed by atoms with Crippen molar-refractivity contribution in [1.82, 2.24) is 9.80 Å². The Morgan fingerprint density at radius 2 is 1.91 bits per heavy atom. The molecule has 0 radical (unpaired) electrons. The van der Waals surface area contributed by atoms with Gasteiger partial charge in [-0.05, 0) is 59.8 Å². The fourth-order valence-electron chi connectivity index (χ4n) is 3.05. The Labute approximate surface area is 139 Å². The molecule has 0 aromatic rings. The van der Waals surface area contributed by atoms with Crippen molar-refractivity contribution in [2.45, 2.75) is 83.5 Å². The number of carbonyl (C=O) groups excluding carboxylic acids is 2. The number of nitrogens with two attached hydrogens (primary N) is 1. The standard InChI is InChI=1S/C17H31N3O3/c1-12(18)15(21)20(13-8-9-13)11-14-7-5-6-10-19(14)16(22)23-17(2,3)4/h12-14H,5-11,18H2,1-4H3/t12-,14?/m0/s1. The Morgan fingerprint density at radius 1 is 1.26 bits per heavy atom. The van der Waals surface area contributed by atoms with Gasteiger partial charge in [0.05, 0.1) is 12.1 Å². The number of rotatable bonds is 4. The van der Waals surface area contributed by atoms with Crippen molar-refractivity contribution in [3.05, 3.63) is 0 Å². The summed E-state index contributed by atoms with van der Waals surface area (Å²) in [7, 11) is 0. The largest absolute Gasteiger partial charge is 0.444 e. The molecule has 1 heterocycles. The first-order valence-electron chi connectivity index (χ1n) is 8.74. The van der Waals surface area contributed by atoms with Crippen LogP contribution in [-0.4, -0.2) is 58.6 Å². The highest BCUT2D eigenvalue weighted by atomic mass is 16.6. The van der Waals surface area contributed by atoms with E-state index in [1.54, 1.807) is 11.8 Å². The van der Waals surface area contributed by atoms with Gasteiger partial charge >= 0.3 is 6.09 Å². The van der Waals surface area contributed by atoms with Gasteiger partial charge in [0, 0.05) is 19.1 Å². The van der Waals surface area contributed by atoms with Gasteiger partial charge in [-0.15, -0.1) is 0 Å². The van der Waals surface area contributed by atoms with Crippen LogP contribution in [0.3, 0.4) is 0 Å². The van der Waals surface area contributed by atoms with Crippen LogP contribution < -0.4 is 5.73 Å². The first kappa shape index (κ1) is 18.0. The molecule has 2 fully saturated rings. The van der Waals surface area contributed by atoms with Crippen molar-refractivity contribution < 1.29 is 14.3 Å². The van der Waals surface area contributed by atoms with Crippen LogP contribution in [0.4, 0.5) is 4.79 Å². The third-order valence-corrected chi connectivity index (χ3v) is 4.32. The van der Waals surface area contributed by atoms with Crippen LogP contribution in [0, 0.1) is 0 Å². The first-order chi connectivity index (χ1) is 10.7. The highest BCUT2D eigenvalue weighted by molar-refractivity contribution is 5.82.